The Morgan fingerprint density at radius 1 is 0.674 bits per heavy atom. The summed E-state index contributed by atoms with van der Waals surface area (Å²) < 4.78 is 0. The fourth-order valence-electron chi connectivity index (χ4n) is 4.89. The van der Waals surface area contributed by atoms with Crippen LogP contribution >= 0.6 is 12.2 Å². The van der Waals surface area contributed by atoms with E-state index >= 15 is 0 Å². The van der Waals surface area contributed by atoms with Gasteiger partial charge in [-0.2, -0.15) is 0 Å². The van der Waals surface area contributed by atoms with Crippen molar-refractivity contribution < 1.29 is 10.2 Å². The second-order valence-electron chi connectivity index (χ2n) is 16.1. The summed E-state index contributed by atoms with van der Waals surface area (Å²) in [6, 6.07) is 16.4. The summed E-state index contributed by atoms with van der Waals surface area (Å²) in [6.07, 6.45) is 1.73. The number of hydrogen-bond donors (Lipinski definition) is 4. The summed E-state index contributed by atoms with van der Waals surface area (Å²) in [4.78, 5) is 0. The van der Waals surface area contributed by atoms with Crippen LogP contribution in [0, 0.1) is 19.3 Å². The van der Waals surface area contributed by atoms with Gasteiger partial charge in [-0.15, -0.1) is 0 Å². The molecule has 3 aromatic rings. The lowest BCUT2D eigenvalue weighted by molar-refractivity contribution is 0.384. The number of hydrogen-bond acceptors (Lipinski definition) is 3. The van der Waals surface area contributed by atoms with Crippen LogP contribution in [0.2, 0.25) is 0 Å². The first kappa shape index (κ1) is 41.0. The molecule has 0 fully saturated rings. The van der Waals surface area contributed by atoms with Crippen molar-refractivity contribution in [1.29, 1.82) is 0 Å². The zero-order chi connectivity index (χ0) is 35.8. The molecule has 46 heavy (non-hydrogen) atoms. The number of aryl methyl sites for hydroxylation is 2. The van der Waals surface area contributed by atoms with Crippen molar-refractivity contribution in [3.05, 3.63) is 81.9 Å². The van der Waals surface area contributed by atoms with Gasteiger partial charge in [-0.3, -0.25) is 0 Å². The highest BCUT2D eigenvalue weighted by atomic mass is 32.1. The van der Waals surface area contributed by atoms with Gasteiger partial charge in [-0.1, -0.05) is 127 Å². The average molecular weight is 649 g/mol. The van der Waals surface area contributed by atoms with Crippen molar-refractivity contribution in [2.75, 3.05) is 10.6 Å². The predicted octanol–water partition coefficient (Wildman–Crippen LogP) is 12.1. The fourth-order valence-corrected chi connectivity index (χ4v) is 5.13. The number of thiocarbonyl (C=S) groups is 1. The molecule has 3 aromatic carbocycles. The van der Waals surface area contributed by atoms with E-state index in [1.807, 2.05) is 45.0 Å². The zero-order valence-electron chi connectivity index (χ0n) is 31.8. The summed E-state index contributed by atoms with van der Waals surface area (Å²) in [5.41, 5.74) is 8.32. The van der Waals surface area contributed by atoms with Gasteiger partial charge in [0.1, 0.15) is 11.5 Å². The molecule has 0 spiro atoms. The van der Waals surface area contributed by atoms with Crippen LogP contribution in [0.15, 0.2) is 48.5 Å². The molecular weight excluding hydrogens is 585 g/mol. The number of benzene rings is 3. The van der Waals surface area contributed by atoms with Crippen LogP contribution in [0.4, 0.5) is 11.4 Å². The predicted molar refractivity (Wildman–Crippen MR) is 207 cm³/mol. The summed E-state index contributed by atoms with van der Waals surface area (Å²) in [5, 5.41) is 28.2. The van der Waals surface area contributed by atoms with E-state index in [1.54, 1.807) is 0 Å². The Kier molecular flexibility index (Phi) is 14.4. The maximum absolute atomic E-state index is 11.0. The average Bonchev–Trinajstić information content (AvgIpc) is 2.92. The second-order valence-corrected chi connectivity index (χ2v) is 16.5. The summed E-state index contributed by atoms with van der Waals surface area (Å²) in [6.45, 7) is 34.0. The molecule has 4 N–H and O–H groups in total. The molecule has 0 unspecified atom stereocenters. The lowest BCUT2D eigenvalue weighted by Crippen LogP contribution is -2.21. The van der Waals surface area contributed by atoms with Gasteiger partial charge in [0.25, 0.3) is 0 Å². The van der Waals surface area contributed by atoms with E-state index in [0.717, 1.165) is 46.5 Å². The lowest BCUT2D eigenvalue weighted by atomic mass is 9.78. The number of nitrogens with one attached hydrogen (secondary N) is 2. The Morgan fingerprint density at radius 3 is 1.65 bits per heavy atom. The van der Waals surface area contributed by atoms with E-state index in [0.29, 0.717) is 16.6 Å². The van der Waals surface area contributed by atoms with Crippen molar-refractivity contribution in [3.63, 3.8) is 0 Å². The van der Waals surface area contributed by atoms with Gasteiger partial charge < -0.3 is 20.8 Å². The molecule has 0 saturated carbocycles. The Hall–Kier alpha value is -3.05. The summed E-state index contributed by atoms with van der Waals surface area (Å²) in [5.74, 6) is 0.852. The third kappa shape index (κ3) is 12.3. The van der Waals surface area contributed by atoms with Crippen molar-refractivity contribution in [2.24, 2.45) is 5.41 Å². The number of phenolic OH excluding ortho intramolecular Hbond substituents is 2. The topological polar surface area (TPSA) is 64.5 Å². The fraction of sp³-hybridized carbons (Fsp3) is 0.537. The number of anilines is 2. The van der Waals surface area contributed by atoms with Gasteiger partial charge in [0.05, 0.1) is 0 Å². The molecule has 0 bridgehead atoms. The first-order valence-corrected chi connectivity index (χ1v) is 17.2. The Morgan fingerprint density at radius 2 is 1.20 bits per heavy atom. The molecule has 0 amide bonds. The van der Waals surface area contributed by atoms with Gasteiger partial charge >= 0.3 is 0 Å². The largest absolute Gasteiger partial charge is 0.507 e. The second kappa shape index (κ2) is 16.2. The minimum absolute atomic E-state index is 0.0178. The minimum Gasteiger partial charge on any atom is -0.507 e. The molecule has 0 heterocycles. The summed E-state index contributed by atoms with van der Waals surface area (Å²) in [7, 11) is 0. The van der Waals surface area contributed by atoms with E-state index in [4.69, 9.17) is 12.2 Å². The third-order valence-electron chi connectivity index (χ3n) is 8.06. The molecule has 3 rings (SSSR count). The Labute approximate surface area is 287 Å². The van der Waals surface area contributed by atoms with Gasteiger partial charge in [-0.25, -0.2) is 0 Å². The van der Waals surface area contributed by atoms with Crippen LogP contribution in [0.1, 0.15) is 137 Å². The standard InChI is InChI=1S/C24H34N2OS.C15H24O.C2H6/c1-8-24(6,7)20-14-19(13-17(21(20)27)15-23(3,4)5)26-22(28)25-18-11-9-16(2)10-12-18;1-10-8-11(14(2,3)4)9-12(13(10)16)15(5,6)7;1-2/h9-14,27H,8,15H2,1-7H3,(H2,25,26,28);8-9,16H,1-7H3;1-2H3. The number of aromatic hydroxyl groups is 2. The van der Waals surface area contributed by atoms with Gasteiger partial charge in [0.2, 0.25) is 0 Å². The zero-order valence-corrected chi connectivity index (χ0v) is 32.7. The van der Waals surface area contributed by atoms with Crippen molar-refractivity contribution in [2.45, 2.75) is 140 Å². The van der Waals surface area contributed by atoms with Crippen LogP contribution < -0.4 is 10.6 Å². The van der Waals surface area contributed by atoms with E-state index in [9.17, 15) is 10.2 Å². The van der Waals surface area contributed by atoms with Crippen molar-refractivity contribution in [3.8, 4) is 11.5 Å². The Bertz CT molecular complexity index is 1430. The van der Waals surface area contributed by atoms with Crippen molar-refractivity contribution in [1.82, 2.24) is 0 Å². The molecule has 5 heteroatoms. The van der Waals surface area contributed by atoms with Crippen LogP contribution in [-0.4, -0.2) is 15.3 Å². The first-order chi connectivity index (χ1) is 20.9. The smallest absolute Gasteiger partial charge is 0.175 e. The summed E-state index contributed by atoms with van der Waals surface area (Å²) >= 11 is 5.52. The molecule has 0 atom stereocenters. The van der Waals surface area contributed by atoms with Crippen molar-refractivity contribution >= 4 is 28.7 Å². The molecule has 0 saturated heterocycles. The van der Waals surface area contributed by atoms with Gasteiger partial charge in [0, 0.05) is 16.9 Å². The minimum atomic E-state index is -0.125. The normalized spacial score (nSPS) is 11.9. The molecule has 0 aliphatic heterocycles. The Balaban J connectivity index is 0.000000498. The third-order valence-corrected chi connectivity index (χ3v) is 8.27. The maximum Gasteiger partial charge on any atom is 0.175 e. The highest BCUT2D eigenvalue weighted by Gasteiger charge is 2.26. The first-order valence-electron chi connectivity index (χ1n) is 16.8. The highest BCUT2D eigenvalue weighted by molar-refractivity contribution is 7.80. The van der Waals surface area contributed by atoms with E-state index in [2.05, 4.69) is 125 Å². The number of phenols is 2. The van der Waals surface area contributed by atoms with Crippen LogP contribution in [0.5, 0.6) is 11.5 Å². The molecule has 0 aliphatic carbocycles. The van der Waals surface area contributed by atoms with E-state index < -0.39 is 0 Å². The van der Waals surface area contributed by atoms with Crippen LogP contribution in [0.25, 0.3) is 0 Å². The molecule has 256 valence electrons. The van der Waals surface area contributed by atoms with Crippen LogP contribution in [-0.2, 0) is 22.7 Å². The molecule has 4 nitrogen and oxygen atoms in total. The monoisotopic (exact) mass is 648 g/mol. The molecule has 0 aromatic heterocycles. The molecular formula is C41H64N2O2S. The van der Waals surface area contributed by atoms with Gasteiger partial charge in [0.15, 0.2) is 5.11 Å². The lowest BCUT2D eigenvalue weighted by Gasteiger charge is -2.28. The number of rotatable bonds is 5. The van der Waals surface area contributed by atoms with Gasteiger partial charge in [-0.05, 0) is 107 Å². The SMILES string of the molecule is CC.CCC(C)(C)c1cc(NC(=S)Nc2ccc(C)cc2)cc(CC(C)(C)C)c1O.Cc1cc(C(C)(C)C)cc(C(C)(C)C)c1O. The quantitative estimate of drug-likeness (QED) is 0.164. The van der Waals surface area contributed by atoms with E-state index in [1.165, 1.54) is 11.1 Å². The van der Waals surface area contributed by atoms with Crippen LogP contribution in [0.3, 0.4) is 0 Å². The molecule has 0 radical (unpaired) electrons. The maximum atomic E-state index is 11.0. The molecule has 0 aliphatic rings. The van der Waals surface area contributed by atoms with E-state index in [-0.39, 0.29) is 21.7 Å². The highest BCUT2D eigenvalue weighted by Crippen LogP contribution is 2.40.